The highest BCUT2D eigenvalue weighted by atomic mass is 127. The molecule has 0 saturated heterocycles. The lowest BCUT2D eigenvalue weighted by atomic mass is 10.6. The minimum absolute atomic E-state index is 0.00870. The summed E-state index contributed by atoms with van der Waals surface area (Å²) in [4.78, 5) is 10.2. The van der Waals surface area contributed by atoms with Crippen LogP contribution in [0.15, 0.2) is 0 Å². The number of hydrogen-bond acceptors (Lipinski definition) is 2. The van der Waals surface area contributed by atoms with Gasteiger partial charge in [0.2, 0.25) is 5.91 Å². The van der Waals surface area contributed by atoms with E-state index in [1.165, 1.54) is 0 Å². The SMILES string of the molecule is CNC(=O)CNI. The summed E-state index contributed by atoms with van der Waals surface area (Å²) in [7, 11) is 1.61. The highest BCUT2D eigenvalue weighted by Gasteiger charge is 1.89. The zero-order valence-electron chi connectivity index (χ0n) is 3.99. The molecule has 1 amide bonds. The van der Waals surface area contributed by atoms with Crippen LogP contribution in [0, 0.1) is 0 Å². The fraction of sp³-hybridized carbons (Fsp3) is 0.667. The molecular formula is C3H7IN2O. The number of carbonyl (C=O) groups excluding carboxylic acids is 1. The third-order valence-corrected chi connectivity index (χ3v) is 0.888. The Labute approximate surface area is 56.3 Å². The largest absolute Gasteiger partial charge is 0.358 e. The molecular weight excluding hydrogens is 207 g/mol. The zero-order chi connectivity index (χ0) is 5.70. The van der Waals surface area contributed by atoms with Crippen LogP contribution in [0.1, 0.15) is 0 Å². The van der Waals surface area contributed by atoms with Gasteiger partial charge in [-0.25, -0.2) is 0 Å². The quantitative estimate of drug-likeness (QED) is 0.488. The van der Waals surface area contributed by atoms with Crippen LogP contribution >= 0.6 is 22.9 Å². The maximum atomic E-state index is 10.2. The lowest BCUT2D eigenvalue weighted by molar-refractivity contribution is -0.119. The van der Waals surface area contributed by atoms with E-state index < -0.39 is 0 Å². The summed E-state index contributed by atoms with van der Waals surface area (Å²) in [5.41, 5.74) is 0. The summed E-state index contributed by atoms with van der Waals surface area (Å²) >= 11 is 1.92. The molecule has 0 aromatic rings. The maximum absolute atomic E-state index is 10.2. The predicted octanol–water partition coefficient (Wildman–Crippen LogP) is -0.328. The molecule has 0 fully saturated rings. The molecule has 0 atom stereocenters. The van der Waals surface area contributed by atoms with Crippen LogP contribution in [0.5, 0.6) is 0 Å². The van der Waals surface area contributed by atoms with E-state index >= 15 is 0 Å². The lowest BCUT2D eigenvalue weighted by Gasteiger charge is -1.92. The molecule has 0 saturated carbocycles. The first-order chi connectivity index (χ1) is 3.31. The molecule has 0 radical (unpaired) electrons. The van der Waals surface area contributed by atoms with E-state index in [1.807, 2.05) is 22.9 Å². The van der Waals surface area contributed by atoms with Gasteiger partial charge in [0, 0.05) is 29.9 Å². The standard InChI is InChI=1S/C3H7IN2O/c1-5-3(7)2-6-4/h6H,2H2,1H3,(H,5,7). The van der Waals surface area contributed by atoms with Crippen molar-refractivity contribution in [2.24, 2.45) is 0 Å². The van der Waals surface area contributed by atoms with Crippen molar-refractivity contribution < 1.29 is 4.79 Å². The van der Waals surface area contributed by atoms with Crippen molar-refractivity contribution in [2.75, 3.05) is 13.6 Å². The van der Waals surface area contributed by atoms with E-state index in [4.69, 9.17) is 0 Å². The average molecular weight is 214 g/mol. The van der Waals surface area contributed by atoms with Gasteiger partial charge in [0.15, 0.2) is 0 Å². The fourth-order valence-electron chi connectivity index (χ4n) is 0.149. The van der Waals surface area contributed by atoms with Crippen LogP contribution in [-0.4, -0.2) is 19.5 Å². The van der Waals surface area contributed by atoms with E-state index in [0.29, 0.717) is 6.54 Å². The number of hydrogen-bond donors (Lipinski definition) is 2. The van der Waals surface area contributed by atoms with Crippen molar-refractivity contribution in [3.05, 3.63) is 0 Å². The number of likely N-dealkylation sites (N-methyl/N-ethyl adjacent to an activating group) is 1. The van der Waals surface area contributed by atoms with Gasteiger partial charge in [-0.2, -0.15) is 0 Å². The third-order valence-electron chi connectivity index (χ3n) is 0.506. The Morgan fingerprint density at radius 1 is 1.86 bits per heavy atom. The van der Waals surface area contributed by atoms with Gasteiger partial charge in [0.05, 0.1) is 6.54 Å². The number of carbonyl (C=O) groups is 1. The van der Waals surface area contributed by atoms with Crippen LogP contribution in [0.25, 0.3) is 0 Å². The van der Waals surface area contributed by atoms with E-state index in [-0.39, 0.29) is 5.91 Å². The Morgan fingerprint density at radius 2 is 2.43 bits per heavy atom. The molecule has 0 unspecified atom stereocenters. The van der Waals surface area contributed by atoms with Crippen molar-refractivity contribution in [3.8, 4) is 0 Å². The topological polar surface area (TPSA) is 41.1 Å². The minimum Gasteiger partial charge on any atom is -0.358 e. The molecule has 0 aliphatic carbocycles. The van der Waals surface area contributed by atoms with Crippen molar-refractivity contribution in [3.63, 3.8) is 0 Å². The smallest absolute Gasteiger partial charge is 0.234 e. The van der Waals surface area contributed by atoms with Gasteiger partial charge in [0.25, 0.3) is 0 Å². The number of nitrogens with one attached hydrogen (secondary N) is 2. The van der Waals surface area contributed by atoms with Gasteiger partial charge >= 0.3 is 0 Å². The van der Waals surface area contributed by atoms with Crippen molar-refractivity contribution in [1.29, 1.82) is 0 Å². The van der Waals surface area contributed by atoms with E-state index in [2.05, 4.69) is 8.85 Å². The van der Waals surface area contributed by atoms with Gasteiger partial charge in [-0.05, 0) is 0 Å². The Bertz CT molecular complexity index is 66.0. The molecule has 0 aromatic heterocycles. The monoisotopic (exact) mass is 214 g/mol. The van der Waals surface area contributed by atoms with Crippen LogP contribution in [0.4, 0.5) is 0 Å². The first-order valence-corrected chi connectivity index (χ1v) is 2.93. The second-order valence-electron chi connectivity index (χ2n) is 0.984. The Morgan fingerprint density at radius 3 is 2.57 bits per heavy atom. The molecule has 2 N–H and O–H groups in total. The molecule has 42 valence electrons. The molecule has 0 rings (SSSR count). The highest BCUT2D eigenvalue weighted by molar-refractivity contribution is 14.1. The maximum Gasteiger partial charge on any atom is 0.234 e. The molecule has 7 heavy (non-hydrogen) atoms. The van der Waals surface area contributed by atoms with Crippen LogP contribution < -0.4 is 8.85 Å². The van der Waals surface area contributed by atoms with Crippen LogP contribution in [-0.2, 0) is 4.79 Å². The van der Waals surface area contributed by atoms with Gasteiger partial charge in [-0.15, -0.1) is 0 Å². The molecule has 0 aliphatic heterocycles. The second-order valence-corrected chi connectivity index (χ2v) is 1.75. The summed E-state index contributed by atoms with van der Waals surface area (Å²) in [6, 6.07) is 0. The van der Waals surface area contributed by atoms with Gasteiger partial charge < -0.3 is 5.32 Å². The Balaban J connectivity index is 3.00. The summed E-state index contributed by atoms with van der Waals surface area (Å²) < 4.78 is 2.68. The van der Waals surface area contributed by atoms with Crippen molar-refractivity contribution in [1.82, 2.24) is 8.85 Å². The van der Waals surface area contributed by atoms with Crippen molar-refractivity contribution in [2.45, 2.75) is 0 Å². The Hall–Kier alpha value is 0.160. The first kappa shape index (κ1) is 7.16. The van der Waals surface area contributed by atoms with Crippen LogP contribution in [0.2, 0.25) is 0 Å². The predicted molar refractivity (Wildman–Crippen MR) is 36.1 cm³/mol. The van der Waals surface area contributed by atoms with E-state index in [9.17, 15) is 4.79 Å². The fourth-order valence-corrected chi connectivity index (χ4v) is 0.495. The second kappa shape index (κ2) is 4.32. The zero-order valence-corrected chi connectivity index (χ0v) is 6.15. The molecule has 0 spiro atoms. The molecule has 0 heterocycles. The van der Waals surface area contributed by atoms with Crippen LogP contribution in [0.3, 0.4) is 0 Å². The summed E-state index contributed by atoms with van der Waals surface area (Å²) in [6.07, 6.45) is 0. The molecule has 0 aliphatic rings. The summed E-state index contributed by atoms with van der Waals surface area (Å²) in [5.74, 6) is 0.00870. The lowest BCUT2D eigenvalue weighted by Crippen LogP contribution is -2.26. The molecule has 0 bridgehead atoms. The normalized spacial score (nSPS) is 8.29. The summed E-state index contributed by atoms with van der Waals surface area (Å²) in [6.45, 7) is 0.386. The van der Waals surface area contributed by atoms with Crippen molar-refractivity contribution >= 4 is 28.8 Å². The van der Waals surface area contributed by atoms with Gasteiger partial charge in [-0.3, -0.25) is 8.32 Å². The molecule has 0 aromatic carbocycles. The first-order valence-electron chi connectivity index (χ1n) is 1.85. The van der Waals surface area contributed by atoms with Gasteiger partial charge in [0.1, 0.15) is 0 Å². The average Bonchev–Trinajstić information content (AvgIpc) is 1.68. The molecule has 4 heteroatoms. The number of amides is 1. The number of halogens is 1. The van der Waals surface area contributed by atoms with E-state index in [0.717, 1.165) is 0 Å². The van der Waals surface area contributed by atoms with E-state index in [1.54, 1.807) is 7.05 Å². The number of rotatable bonds is 2. The minimum atomic E-state index is 0.00870. The van der Waals surface area contributed by atoms with Gasteiger partial charge in [-0.1, -0.05) is 0 Å². The highest BCUT2D eigenvalue weighted by Crippen LogP contribution is 1.65. The third kappa shape index (κ3) is 4.00. The molecule has 3 nitrogen and oxygen atoms in total. The summed E-state index contributed by atoms with van der Waals surface area (Å²) in [5, 5.41) is 2.46. The Kier molecular flexibility index (Phi) is 4.42.